The van der Waals surface area contributed by atoms with Gasteiger partial charge in [-0.25, -0.2) is 8.42 Å². The van der Waals surface area contributed by atoms with Gasteiger partial charge in [0.25, 0.3) is 0 Å². The van der Waals surface area contributed by atoms with Gasteiger partial charge in [-0.3, -0.25) is 0 Å². The molecule has 4 heteroatoms. The van der Waals surface area contributed by atoms with Gasteiger partial charge in [-0.1, -0.05) is 76.5 Å². The lowest BCUT2D eigenvalue weighted by Gasteiger charge is -2.22. The molecule has 1 aromatic carbocycles. The van der Waals surface area contributed by atoms with Gasteiger partial charge in [0, 0.05) is 0 Å². The average molecular weight is 371 g/mol. The standard InChI is InChI=1S/C20H31ClO2S/c1-2-3-4-5-6-7-8-12-15-19(21)20(16-17-20)24(22,23)18-13-10-9-11-14-18/h9-11,13-14,19H,2-8,12,15-17H2,1H3. The molecule has 0 heterocycles. The maximum atomic E-state index is 12.9. The molecule has 0 aromatic heterocycles. The molecule has 0 saturated heterocycles. The molecule has 2 rings (SSSR count). The normalized spacial score (nSPS) is 17.6. The van der Waals surface area contributed by atoms with Crippen molar-refractivity contribution in [3.63, 3.8) is 0 Å². The second-order valence-electron chi connectivity index (χ2n) is 7.11. The number of unbranched alkanes of at least 4 members (excludes halogenated alkanes) is 7. The molecule has 1 aliphatic rings. The number of alkyl halides is 1. The summed E-state index contributed by atoms with van der Waals surface area (Å²) in [6.07, 6.45) is 12.2. The number of hydrogen-bond acceptors (Lipinski definition) is 2. The van der Waals surface area contributed by atoms with E-state index in [-0.39, 0.29) is 5.38 Å². The van der Waals surface area contributed by atoms with Crippen molar-refractivity contribution in [1.29, 1.82) is 0 Å². The molecule has 0 radical (unpaired) electrons. The van der Waals surface area contributed by atoms with Crippen LogP contribution >= 0.6 is 11.6 Å². The first kappa shape index (κ1) is 19.8. The van der Waals surface area contributed by atoms with Crippen LogP contribution < -0.4 is 0 Å². The van der Waals surface area contributed by atoms with E-state index in [9.17, 15) is 8.42 Å². The van der Waals surface area contributed by atoms with Crippen LogP contribution in [0.2, 0.25) is 0 Å². The van der Waals surface area contributed by atoms with E-state index in [1.165, 1.54) is 38.5 Å². The molecule has 0 bridgehead atoms. The Hall–Kier alpha value is -0.540. The van der Waals surface area contributed by atoms with E-state index in [0.29, 0.717) is 17.7 Å². The second kappa shape index (κ2) is 9.24. The predicted octanol–water partition coefficient (Wildman–Crippen LogP) is 6.13. The molecule has 1 fully saturated rings. The Morgan fingerprint density at radius 3 is 2.04 bits per heavy atom. The smallest absolute Gasteiger partial charge is 0.185 e. The fourth-order valence-corrected chi connectivity index (χ4v) is 6.23. The molecule has 1 aliphatic carbocycles. The highest BCUT2D eigenvalue weighted by atomic mass is 35.5. The summed E-state index contributed by atoms with van der Waals surface area (Å²) >= 11 is 6.57. The van der Waals surface area contributed by atoms with E-state index in [2.05, 4.69) is 6.92 Å². The minimum absolute atomic E-state index is 0.261. The molecule has 1 aromatic rings. The third-order valence-corrected chi connectivity index (χ3v) is 8.63. The lowest BCUT2D eigenvalue weighted by atomic mass is 10.1. The zero-order valence-electron chi connectivity index (χ0n) is 14.8. The first-order valence-electron chi connectivity index (χ1n) is 9.48. The SMILES string of the molecule is CCCCCCCCCCC(Cl)C1(S(=O)(=O)c2ccccc2)CC1. The topological polar surface area (TPSA) is 34.1 Å². The first-order chi connectivity index (χ1) is 11.5. The Kier molecular flexibility index (Phi) is 7.61. The largest absolute Gasteiger partial charge is 0.223 e. The molecule has 0 aliphatic heterocycles. The molecule has 24 heavy (non-hydrogen) atoms. The molecular formula is C20H31ClO2S. The number of benzene rings is 1. The second-order valence-corrected chi connectivity index (χ2v) is 9.93. The van der Waals surface area contributed by atoms with E-state index in [0.717, 1.165) is 19.3 Å². The van der Waals surface area contributed by atoms with Gasteiger partial charge in [-0.2, -0.15) is 0 Å². The molecule has 136 valence electrons. The van der Waals surface area contributed by atoms with Crippen LogP contribution in [-0.2, 0) is 9.84 Å². The van der Waals surface area contributed by atoms with Crippen LogP contribution in [0.1, 0.15) is 77.6 Å². The minimum Gasteiger partial charge on any atom is -0.223 e. The summed E-state index contributed by atoms with van der Waals surface area (Å²) in [5.41, 5.74) is 0. The number of hydrogen-bond donors (Lipinski definition) is 0. The molecule has 0 N–H and O–H groups in total. The Bertz CT molecular complexity index is 579. The Labute approximate surface area is 152 Å². The van der Waals surface area contributed by atoms with Crippen molar-refractivity contribution in [2.45, 2.75) is 92.6 Å². The van der Waals surface area contributed by atoms with Crippen LogP contribution in [0.25, 0.3) is 0 Å². The number of sulfone groups is 1. The van der Waals surface area contributed by atoms with Crippen molar-refractivity contribution in [2.75, 3.05) is 0 Å². The molecule has 2 nitrogen and oxygen atoms in total. The van der Waals surface area contributed by atoms with Gasteiger partial charge in [0.1, 0.15) is 0 Å². The predicted molar refractivity (Wildman–Crippen MR) is 102 cm³/mol. The zero-order valence-corrected chi connectivity index (χ0v) is 16.4. The molecular weight excluding hydrogens is 340 g/mol. The third-order valence-electron chi connectivity index (χ3n) is 5.21. The third kappa shape index (κ3) is 4.76. The number of halogens is 1. The van der Waals surface area contributed by atoms with E-state index < -0.39 is 14.6 Å². The first-order valence-corrected chi connectivity index (χ1v) is 11.4. The van der Waals surface area contributed by atoms with Crippen LogP contribution in [0.15, 0.2) is 35.2 Å². The quantitative estimate of drug-likeness (QED) is 0.327. The van der Waals surface area contributed by atoms with Crippen LogP contribution in [0.4, 0.5) is 0 Å². The summed E-state index contributed by atoms with van der Waals surface area (Å²) < 4.78 is 25.1. The van der Waals surface area contributed by atoms with Crippen LogP contribution in [0.5, 0.6) is 0 Å². The lowest BCUT2D eigenvalue weighted by Crippen LogP contribution is -2.33. The summed E-state index contributed by atoms with van der Waals surface area (Å²) in [6, 6.07) is 8.79. The molecule has 1 saturated carbocycles. The van der Waals surface area contributed by atoms with Gasteiger partial charge in [0.05, 0.1) is 15.0 Å². The lowest BCUT2D eigenvalue weighted by molar-refractivity contribution is 0.535. The highest BCUT2D eigenvalue weighted by molar-refractivity contribution is 7.93. The van der Waals surface area contributed by atoms with Crippen molar-refractivity contribution in [3.05, 3.63) is 30.3 Å². The van der Waals surface area contributed by atoms with Gasteiger partial charge < -0.3 is 0 Å². The Balaban J connectivity index is 1.77. The van der Waals surface area contributed by atoms with Crippen molar-refractivity contribution in [3.8, 4) is 0 Å². The fraction of sp³-hybridized carbons (Fsp3) is 0.700. The van der Waals surface area contributed by atoms with Gasteiger partial charge in [0.15, 0.2) is 9.84 Å². The van der Waals surface area contributed by atoms with Gasteiger partial charge in [0.2, 0.25) is 0 Å². The maximum Gasteiger partial charge on any atom is 0.185 e. The van der Waals surface area contributed by atoms with Crippen molar-refractivity contribution < 1.29 is 8.42 Å². The van der Waals surface area contributed by atoms with Crippen molar-refractivity contribution in [1.82, 2.24) is 0 Å². The molecule has 1 unspecified atom stereocenters. The maximum absolute atomic E-state index is 12.9. The summed E-state index contributed by atoms with van der Waals surface area (Å²) in [5.74, 6) is 0. The van der Waals surface area contributed by atoms with Gasteiger partial charge >= 0.3 is 0 Å². The minimum atomic E-state index is -3.32. The van der Waals surface area contributed by atoms with Gasteiger partial charge in [-0.05, 0) is 31.4 Å². The average Bonchev–Trinajstić information content (AvgIpc) is 3.40. The van der Waals surface area contributed by atoms with Gasteiger partial charge in [-0.15, -0.1) is 11.6 Å². The monoisotopic (exact) mass is 370 g/mol. The van der Waals surface area contributed by atoms with Crippen LogP contribution in [0.3, 0.4) is 0 Å². The van der Waals surface area contributed by atoms with E-state index >= 15 is 0 Å². The fourth-order valence-electron chi connectivity index (χ4n) is 3.43. The van der Waals surface area contributed by atoms with Crippen molar-refractivity contribution in [2.24, 2.45) is 0 Å². The van der Waals surface area contributed by atoms with Crippen molar-refractivity contribution >= 4 is 21.4 Å². The molecule has 0 amide bonds. The summed E-state index contributed by atoms with van der Waals surface area (Å²) in [6.45, 7) is 2.23. The molecule has 0 spiro atoms. The Morgan fingerprint density at radius 1 is 0.958 bits per heavy atom. The number of rotatable bonds is 12. The molecule has 1 atom stereocenters. The van der Waals surface area contributed by atoms with Crippen LogP contribution in [0, 0.1) is 0 Å². The Morgan fingerprint density at radius 2 is 1.50 bits per heavy atom. The van der Waals surface area contributed by atoms with E-state index in [1.54, 1.807) is 24.3 Å². The summed E-state index contributed by atoms with van der Waals surface area (Å²) in [4.78, 5) is 0.420. The summed E-state index contributed by atoms with van der Waals surface area (Å²) in [7, 11) is -3.32. The van der Waals surface area contributed by atoms with E-state index in [4.69, 9.17) is 11.6 Å². The van der Waals surface area contributed by atoms with E-state index in [1.807, 2.05) is 6.07 Å². The highest BCUT2D eigenvalue weighted by Gasteiger charge is 2.59. The van der Waals surface area contributed by atoms with Crippen LogP contribution in [-0.4, -0.2) is 18.5 Å². The zero-order chi connectivity index (χ0) is 17.5. The highest BCUT2D eigenvalue weighted by Crippen LogP contribution is 2.52. The summed E-state index contributed by atoms with van der Waals surface area (Å²) in [5, 5.41) is -0.261.